The van der Waals surface area contributed by atoms with Crippen LogP contribution in [0.15, 0.2) is 139 Å². The minimum atomic E-state index is -3.99. The van der Waals surface area contributed by atoms with Gasteiger partial charge in [0.05, 0.1) is 18.9 Å². The Balaban J connectivity index is 1.46. The molecule has 0 saturated heterocycles. The molecule has 0 radical (unpaired) electrons. The van der Waals surface area contributed by atoms with Crippen LogP contribution in [0.4, 0.5) is 4.39 Å². The third kappa shape index (κ3) is 6.91. The summed E-state index contributed by atoms with van der Waals surface area (Å²) in [6.07, 6.45) is -0.0369. The highest BCUT2D eigenvalue weighted by Crippen LogP contribution is 2.50. The van der Waals surface area contributed by atoms with Gasteiger partial charge in [0.1, 0.15) is 29.0 Å². The second kappa shape index (κ2) is 13.8. The Bertz CT molecular complexity index is 1890. The molecule has 1 heterocycles. The number of ether oxygens (including phenoxy) is 2. The largest absolute Gasteiger partial charge is 0.457 e. The van der Waals surface area contributed by atoms with Crippen LogP contribution >= 0.6 is 0 Å². The second-order valence-electron chi connectivity index (χ2n) is 11.3. The number of rotatable bonds is 11. The molecule has 0 fully saturated rings. The van der Waals surface area contributed by atoms with Crippen LogP contribution in [0.25, 0.3) is 10.4 Å². The molecule has 3 atom stereocenters. The summed E-state index contributed by atoms with van der Waals surface area (Å²) in [5.74, 6) is -0.375. The molecule has 0 aromatic heterocycles. The highest BCUT2D eigenvalue weighted by Gasteiger charge is 2.40. The number of fused-ring (bicyclic) bond motifs is 2. The maximum atomic E-state index is 14.6. The van der Waals surface area contributed by atoms with E-state index in [4.69, 9.17) is 13.7 Å². The summed E-state index contributed by atoms with van der Waals surface area (Å²) in [7, 11) is -3.99. The number of hydrogen-bond acceptors (Lipinski definition) is 6. The molecule has 0 spiro atoms. The van der Waals surface area contributed by atoms with Crippen LogP contribution in [0.2, 0.25) is 0 Å². The lowest BCUT2D eigenvalue weighted by atomic mass is 9.80. The summed E-state index contributed by atoms with van der Waals surface area (Å²) in [6, 6.07) is 39.4. The predicted molar refractivity (Wildman–Crippen MR) is 177 cm³/mol. The topological polar surface area (TPSA) is 111 Å². The molecule has 0 aliphatic carbocycles. The zero-order valence-corrected chi connectivity index (χ0v) is 26.3. The van der Waals surface area contributed by atoms with E-state index in [-0.39, 0.29) is 13.0 Å². The zero-order valence-electron chi connectivity index (χ0n) is 25.5. The van der Waals surface area contributed by atoms with Gasteiger partial charge in [0, 0.05) is 16.4 Å². The van der Waals surface area contributed by atoms with Gasteiger partial charge in [0.2, 0.25) is 0 Å². The number of azide groups is 1. The zero-order chi connectivity index (χ0) is 32.9. The maximum Gasteiger partial charge on any atom is 0.264 e. The van der Waals surface area contributed by atoms with Crippen molar-refractivity contribution in [2.75, 3.05) is 12.9 Å². The highest BCUT2D eigenvalue weighted by atomic mass is 32.2. The Hall–Kier alpha value is -4.99. The SMILES string of the molecule is CS(=O)(=O)O[C@@H](COC(c1ccccc1)(c1ccccc1)c1ccccc1)C[C@@H]1c2ccccc2Oc2ccc(F)cc2[C@H]1N=[N+]=[N-]. The fourth-order valence-corrected chi connectivity index (χ4v) is 6.96. The van der Waals surface area contributed by atoms with Gasteiger partial charge in [-0.1, -0.05) is 114 Å². The van der Waals surface area contributed by atoms with E-state index in [9.17, 15) is 18.3 Å². The fourth-order valence-electron chi connectivity index (χ4n) is 6.33. The molecular weight excluding hydrogens is 617 g/mol. The monoisotopic (exact) mass is 649 g/mol. The summed E-state index contributed by atoms with van der Waals surface area (Å²) < 4.78 is 59.0. The summed E-state index contributed by atoms with van der Waals surface area (Å²) in [5.41, 5.74) is 12.0. The first-order valence-electron chi connectivity index (χ1n) is 15.1. The highest BCUT2D eigenvalue weighted by molar-refractivity contribution is 7.86. The molecule has 5 aromatic carbocycles. The van der Waals surface area contributed by atoms with E-state index >= 15 is 0 Å². The van der Waals surface area contributed by atoms with Crippen molar-refractivity contribution in [2.45, 2.75) is 30.1 Å². The van der Waals surface area contributed by atoms with Crippen molar-refractivity contribution in [2.24, 2.45) is 5.11 Å². The lowest BCUT2D eigenvalue weighted by Crippen LogP contribution is -2.37. The van der Waals surface area contributed by atoms with Crippen molar-refractivity contribution < 1.29 is 26.5 Å². The minimum Gasteiger partial charge on any atom is -0.457 e. The number of nitrogens with zero attached hydrogens (tertiary/aromatic N) is 3. The van der Waals surface area contributed by atoms with E-state index in [1.54, 1.807) is 12.1 Å². The Morgan fingerprint density at radius 1 is 0.809 bits per heavy atom. The molecule has 0 bridgehead atoms. The molecule has 1 aliphatic rings. The lowest BCUT2D eigenvalue weighted by Gasteiger charge is -2.37. The molecule has 5 aromatic rings. The summed E-state index contributed by atoms with van der Waals surface area (Å²) >= 11 is 0. The maximum absolute atomic E-state index is 14.6. The molecule has 238 valence electrons. The summed E-state index contributed by atoms with van der Waals surface area (Å²) in [5, 5.41) is 4.10. The molecule has 10 heteroatoms. The van der Waals surface area contributed by atoms with Gasteiger partial charge in [-0.3, -0.25) is 4.18 Å². The van der Waals surface area contributed by atoms with Gasteiger partial charge in [-0.05, 0) is 58.5 Å². The van der Waals surface area contributed by atoms with Crippen LogP contribution in [-0.2, 0) is 24.6 Å². The average molecular weight is 650 g/mol. The van der Waals surface area contributed by atoms with Gasteiger partial charge in [-0.25, -0.2) is 4.39 Å². The number of hydrogen-bond donors (Lipinski definition) is 0. The van der Waals surface area contributed by atoms with E-state index in [0.717, 1.165) is 22.9 Å². The standard InChI is InChI=1S/C37H32FN3O5S/c1-47(42,43)46-30(24-32-31-19-11-12-20-34(31)45-35-22-21-29(38)23-33(35)36(32)40-41-39)25-44-37(26-13-5-2-6-14-26,27-15-7-3-8-16-27)28-17-9-4-10-18-28/h2-23,30,32,36H,24-25H2,1H3/t30-,32-,36+/m1/s1. The number of para-hydroxylation sites is 1. The third-order valence-corrected chi connectivity index (χ3v) is 8.86. The van der Waals surface area contributed by atoms with Crippen molar-refractivity contribution in [1.29, 1.82) is 0 Å². The van der Waals surface area contributed by atoms with Crippen LogP contribution in [0.3, 0.4) is 0 Å². The average Bonchev–Trinajstić information content (AvgIpc) is 3.20. The first-order valence-corrected chi connectivity index (χ1v) is 16.9. The number of halogens is 1. The van der Waals surface area contributed by atoms with Crippen LogP contribution < -0.4 is 4.74 Å². The molecule has 8 nitrogen and oxygen atoms in total. The molecule has 0 unspecified atom stereocenters. The lowest BCUT2D eigenvalue weighted by molar-refractivity contribution is -0.0327. The molecular formula is C37H32FN3O5S. The van der Waals surface area contributed by atoms with Crippen molar-refractivity contribution in [3.8, 4) is 11.5 Å². The Labute approximate surface area is 273 Å². The minimum absolute atomic E-state index is 0.0293. The normalized spacial score (nSPS) is 16.5. The van der Waals surface area contributed by atoms with E-state index in [1.807, 2.05) is 103 Å². The van der Waals surface area contributed by atoms with Gasteiger partial charge in [0.15, 0.2) is 0 Å². The summed E-state index contributed by atoms with van der Waals surface area (Å²) in [4.78, 5) is 3.10. The van der Waals surface area contributed by atoms with E-state index < -0.39 is 39.6 Å². The van der Waals surface area contributed by atoms with Crippen molar-refractivity contribution in [1.82, 2.24) is 0 Å². The van der Waals surface area contributed by atoms with E-state index in [2.05, 4.69) is 10.0 Å². The van der Waals surface area contributed by atoms with Crippen molar-refractivity contribution in [3.05, 3.63) is 178 Å². The van der Waals surface area contributed by atoms with E-state index in [0.29, 0.717) is 22.6 Å². The second-order valence-corrected chi connectivity index (χ2v) is 12.9. The van der Waals surface area contributed by atoms with Gasteiger partial charge < -0.3 is 9.47 Å². The third-order valence-electron chi connectivity index (χ3n) is 8.24. The van der Waals surface area contributed by atoms with Gasteiger partial charge in [-0.15, -0.1) is 0 Å². The van der Waals surface area contributed by atoms with Crippen LogP contribution in [0.5, 0.6) is 11.5 Å². The van der Waals surface area contributed by atoms with Gasteiger partial charge in [0.25, 0.3) is 10.1 Å². The first-order chi connectivity index (χ1) is 22.8. The molecule has 47 heavy (non-hydrogen) atoms. The van der Waals surface area contributed by atoms with Gasteiger partial charge >= 0.3 is 0 Å². The smallest absolute Gasteiger partial charge is 0.264 e. The summed E-state index contributed by atoms with van der Waals surface area (Å²) in [6.45, 7) is -0.176. The molecule has 0 N–H and O–H groups in total. The number of benzene rings is 5. The predicted octanol–water partition coefficient (Wildman–Crippen LogP) is 8.81. The van der Waals surface area contributed by atoms with E-state index in [1.165, 1.54) is 18.2 Å². The quantitative estimate of drug-likeness (QED) is 0.0467. The van der Waals surface area contributed by atoms with Crippen molar-refractivity contribution >= 4 is 10.1 Å². The molecule has 0 amide bonds. The Kier molecular flexibility index (Phi) is 9.38. The Morgan fingerprint density at radius 2 is 1.34 bits per heavy atom. The van der Waals surface area contributed by atoms with Crippen LogP contribution in [0, 0.1) is 5.82 Å². The van der Waals surface area contributed by atoms with Crippen molar-refractivity contribution in [3.63, 3.8) is 0 Å². The Morgan fingerprint density at radius 3 is 1.89 bits per heavy atom. The van der Waals surface area contributed by atoms with Crippen LogP contribution in [-0.4, -0.2) is 27.4 Å². The molecule has 0 saturated carbocycles. The van der Waals surface area contributed by atoms with Crippen LogP contribution in [0.1, 0.15) is 46.2 Å². The molecule has 1 aliphatic heterocycles. The fraction of sp³-hybridized carbons (Fsp3) is 0.189. The first kappa shape index (κ1) is 32.0. The van der Waals surface area contributed by atoms with Gasteiger partial charge in [-0.2, -0.15) is 8.42 Å². The molecule has 6 rings (SSSR count).